The number of hydrogen-bond acceptors (Lipinski definition) is 3. The summed E-state index contributed by atoms with van der Waals surface area (Å²) >= 11 is 0. The van der Waals surface area contributed by atoms with Crippen molar-refractivity contribution >= 4 is 11.9 Å². The van der Waals surface area contributed by atoms with E-state index in [9.17, 15) is 9.59 Å². The molecular formula is C11H17NO4. The van der Waals surface area contributed by atoms with E-state index in [2.05, 4.69) is 0 Å². The topological polar surface area (TPSA) is 66.8 Å². The Kier molecular flexibility index (Phi) is 4.49. The van der Waals surface area contributed by atoms with Crippen LogP contribution in [0, 0.1) is 0 Å². The fourth-order valence-corrected chi connectivity index (χ4v) is 1.59. The summed E-state index contributed by atoms with van der Waals surface area (Å²) in [4.78, 5) is 24.0. The molecule has 0 aromatic heterocycles. The molecule has 1 amide bonds. The van der Waals surface area contributed by atoms with Gasteiger partial charge in [0.1, 0.15) is 0 Å². The molecular weight excluding hydrogens is 210 g/mol. The summed E-state index contributed by atoms with van der Waals surface area (Å²) < 4.78 is 5.29. The van der Waals surface area contributed by atoms with Gasteiger partial charge in [-0.3, -0.25) is 9.59 Å². The van der Waals surface area contributed by atoms with Gasteiger partial charge in [0.2, 0.25) is 5.91 Å². The van der Waals surface area contributed by atoms with Gasteiger partial charge in [0.15, 0.2) is 0 Å². The molecule has 1 aliphatic rings. The second-order valence-corrected chi connectivity index (χ2v) is 3.81. The molecule has 0 bridgehead atoms. The number of hydrogen-bond donors (Lipinski definition) is 1. The van der Waals surface area contributed by atoms with E-state index in [-0.39, 0.29) is 18.4 Å². The average Bonchev–Trinajstić information content (AvgIpc) is 2.26. The van der Waals surface area contributed by atoms with Crippen LogP contribution in [0.2, 0.25) is 0 Å². The highest BCUT2D eigenvalue weighted by atomic mass is 16.5. The first kappa shape index (κ1) is 12.7. The van der Waals surface area contributed by atoms with E-state index in [0.717, 1.165) is 0 Å². The Morgan fingerprint density at radius 2 is 2.25 bits per heavy atom. The van der Waals surface area contributed by atoms with Crippen LogP contribution in [0.15, 0.2) is 11.6 Å². The van der Waals surface area contributed by atoms with E-state index in [1.54, 1.807) is 17.9 Å². The molecule has 5 nitrogen and oxygen atoms in total. The van der Waals surface area contributed by atoms with Crippen LogP contribution in [0.5, 0.6) is 0 Å². The summed E-state index contributed by atoms with van der Waals surface area (Å²) in [7, 11) is 0. The SMILES string of the molecule is C/C=C(/C)C(=O)N1CCOC(CC(=O)O)C1. The largest absolute Gasteiger partial charge is 0.481 e. The fourth-order valence-electron chi connectivity index (χ4n) is 1.59. The van der Waals surface area contributed by atoms with Crippen LogP contribution in [0.3, 0.4) is 0 Å². The maximum atomic E-state index is 11.8. The quantitative estimate of drug-likeness (QED) is 0.719. The van der Waals surface area contributed by atoms with Crippen LogP contribution in [0.1, 0.15) is 20.3 Å². The van der Waals surface area contributed by atoms with E-state index in [0.29, 0.717) is 25.3 Å². The van der Waals surface area contributed by atoms with Crippen LogP contribution < -0.4 is 0 Å². The monoisotopic (exact) mass is 227 g/mol. The van der Waals surface area contributed by atoms with Crippen LogP contribution >= 0.6 is 0 Å². The third kappa shape index (κ3) is 3.34. The molecule has 1 heterocycles. The second kappa shape index (κ2) is 5.65. The number of rotatable bonds is 3. The van der Waals surface area contributed by atoms with Crippen molar-refractivity contribution in [3.63, 3.8) is 0 Å². The summed E-state index contributed by atoms with van der Waals surface area (Å²) in [5.74, 6) is -0.941. The van der Waals surface area contributed by atoms with Crippen molar-refractivity contribution in [1.82, 2.24) is 4.90 Å². The van der Waals surface area contributed by atoms with Crippen LogP contribution in [0.25, 0.3) is 0 Å². The lowest BCUT2D eigenvalue weighted by Gasteiger charge is -2.32. The van der Waals surface area contributed by atoms with E-state index in [4.69, 9.17) is 9.84 Å². The van der Waals surface area contributed by atoms with Gasteiger partial charge in [-0.1, -0.05) is 6.08 Å². The standard InChI is InChI=1S/C11H17NO4/c1-3-8(2)11(15)12-4-5-16-9(7-12)6-10(13)14/h3,9H,4-7H2,1-2H3,(H,13,14)/b8-3-. The molecule has 0 aromatic rings. The predicted molar refractivity (Wildman–Crippen MR) is 58.0 cm³/mol. The first-order valence-corrected chi connectivity index (χ1v) is 5.30. The number of nitrogens with zero attached hydrogens (tertiary/aromatic N) is 1. The lowest BCUT2D eigenvalue weighted by atomic mass is 10.1. The van der Waals surface area contributed by atoms with Crippen LogP contribution in [0.4, 0.5) is 0 Å². The molecule has 1 unspecified atom stereocenters. The van der Waals surface area contributed by atoms with Gasteiger partial charge in [0.05, 0.1) is 19.1 Å². The summed E-state index contributed by atoms with van der Waals surface area (Å²) in [6, 6.07) is 0. The van der Waals surface area contributed by atoms with E-state index < -0.39 is 5.97 Å². The summed E-state index contributed by atoms with van der Waals surface area (Å²) in [5.41, 5.74) is 0.677. The van der Waals surface area contributed by atoms with Gasteiger partial charge in [-0.05, 0) is 13.8 Å². The maximum Gasteiger partial charge on any atom is 0.306 e. The molecule has 90 valence electrons. The zero-order valence-corrected chi connectivity index (χ0v) is 9.60. The minimum atomic E-state index is -0.901. The lowest BCUT2D eigenvalue weighted by Crippen LogP contribution is -2.46. The van der Waals surface area contributed by atoms with Crippen molar-refractivity contribution in [3.05, 3.63) is 11.6 Å². The molecule has 0 radical (unpaired) electrons. The minimum Gasteiger partial charge on any atom is -0.481 e. The highest BCUT2D eigenvalue weighted by molar-refractivity contribution is 5.92. The Morgan fingerprint density at radius 3 is 2.81 bits per heavy atom. The number of carbonyl (C=O) groups is 2. The Morgan fingerprint density at radius 1 is 1.56 bits per heavy atom. The number of carboxylic acid groups (broad SMARTS) is 1. The molecule has 1 aliphatic heterocycles. The number of ether oxygens (including phenoxy) is 1. The third-order valence-electron chi connectivity index (χ3n) is 2.60. The molecule has 0 saturated carbocycles. The lowest BCUT2D eigenvalue weighted by molar-refractivity contribution is -0.146. The number of amides is 1. The van der Waals surface area contributed by atoms with Gasteiger partial charge in [-0.25, -0.2) is 0 Å². The van der Waals surface area contributed by atoms with Crippen molar-refractivity contribution < 1.29 is 19.4 Å². The number of allylic oxidation sites excluding steroid dienone is 1. The molecule has 1 atom stereocenters. The number of aliphatic carboxylic acids is 1. The van der Waals surface area contributed by atoms with Crippen LogP contribution in [-0.2, 0) is 14.3 Å². The van der Waals surface area contributed by atoms with E-state index in [1.807, 2.05) is 6.92 Å². The molecule has 1 N–H and O–H groups in total. The van der Waals surface area contributed by atoms with E-state index in [1.165, 1.54) is 0 Å². The highest BCUT2D eigenvalue weighted by Crippen LogP contribution is 2.11. The molecule has 0 aromatic carbocycles. The molecule has 1 rings (SSSR count). The summed E-state index contributed by atoms with van der Waals surface area (Å²) in [6.45, 7) is 4.85. The first-order chi connectivity index (χ1) is 7.54. The summed E-state index contributed by atoms with van der Waals surface area (Å²) in [6.07, 6.45) is 1.31. The molecule has 0 aliphatic carbocycles. The molecule has 16 heavy (non-hydrogen) atoms. The van der Waals surface area contributed by atoms with Crippen molar-refractivity contribution in [3.8, 4) is 0 Å². The van der Waals surface area contributed by atoms with Crippen molar-refractivity contribution in [1.29, 1.82) is 0 Å². The minimum absolute atomic E-state index is 0.0406. The Labute approximate surface area is 94.7 Å². The molecule has 0 spiro atoms. The molecule has 5 heteroatoms. The van der Waals surface area contributed by atoms with Gasteiger partial charge in [-0.15, -0.1) is 0 Å². The van der Waals surface area contributed by atoms with E-state index >= 15 is 0 Å². The van der Waals surface area contributed by atoms with Crippen molar-refractivity contribution in [2.75, 3.05) is 19.7 Å². The maximum absolute atomic E-state index is 11.8. The molecule has 1 saturated heterocycles. The zero-order chi connectivity index (χ0) is 12.1. The predicted octanol–water partition coefficient (Wildman–Crippen LogP) is 0.655. The molecule has 1 fully saturated rings. The number of carbonyl (C=O) groups excluding carboxylic acids is 1. The van der Waals surface area contributed by atoms with Gasteiger partial charge in [0, 0.05) is 18.7 Å². The zero-order valence-electron chi connectivity index (χ0n) is 9.60. The normalized spacial score (nSPS) is 22.0. The first-order valence-electron chi connectivity index (χ1n) is 5.30. The summed E-state index contributed by atoms with van der Waals surface area (Å²) in [5, 5.41) is 8.65. The van der Waals surface area contributed by atoms with Gasteiger partial charge in [0.25, 0.3) is 0 Å². The third-order valence-corrected chi connectivity index (χ3v) is 2.60. The van der Waals surface area contributed by atoms with Crippen molar-refractivity contribution in [2.45, 2.75) is 26.4 Å². The van der Waals surface area contributed by atoms with Crippen LogP contribution in [-0.4, -0.2) is 47.7 Å². The Balaban J connectivity index is 2.56. The van der Waals surface area contributed by atoms with Gasteiger partial charge < -0.3 is 14.7 Å². The second-order valence-electron chi connectivity index (χ2n) is 3.81. The highest BCUT2D eigenvalue weighted by Gasteiger charge is 2.26. The van der Waals surface area contributed by atoms with Gasteiger partial charge >= 0.3 is 5.97 Å². The number of morpholine rings is 1. The van der Waals surface area contributed by atoms with Gasteiger partial charge in [-0.2, -0.15) is 0 Å². The Hall–Kier alpha value is -1.36. The fraction of sp³-hybridized carbons (Fsp3) is 0.636. The Bertz CT molecular complexity index is 311. The smallest absolute Gasteiger partial charge is 0.306 e. The average molecular weight is 227 g/mol. The van der Waals surface area contributed by atoms with Crippen molar-refractivity contribution in [2.24, 2.45) is 0 Å². The number of carboxylic acids is 1.